The van der Waals surface area contributed by atoms with Gasteiger partial charge in [-0.2, -0.15) is 5.26 Å². The SMILES string of the molecule is Cc1cc(/C=C(/C#N)C(=O)NCCCc2ccccc2)c(C)n1-c1ccc(N(C)C)cc1. The molecule has 1 heterocycles. The summed E-state index contributed by atoms with van der Waals surface area (Å²) in [4.78, 5) is 14.6. The number of hydrogen-bond acceptors (Lipinski definition) is 3. The van der Waals surface area contributed by atoms with Crippen LogP contribution in [0.2, 0.25) is 0 Å². The highest BCUT2D eigenvalue weighted by Crippen LogP contribution is 2.24. The molecule has 1 N–H and O–H groups in total. The second-order valence-electron chi connectivity index (χ2n) is 8.09. The van der Waals surface area contributed by atoms with Gasteiger partial charge in [0.1, 0.15) is 11.6 Å². The summed E-state index contributed by atoms with van der Waals surface area (Å²) in [7, 11) is 4.03. The Morgan fingerprint density at radius 2 is 1.78 bits per heavy atom. The highest BCUT2D eigenvalue weighted by molar-refractivity contribution is 6.01. The average molecular weight is 427 g/mol. The number of aryl methyl sites for hydroxylation is 2. The van der Waals surface area contributed by atoms with E-state index in [0.29, 0.717) is 6.54 Å². The zero-order chi connectivity index (χ0) is 23.1. The van der Waals surface area contributed by atoms with Crippen molar-refractivity contribution in [3.8, 4) is 11.8 Å². The first-order chi connectivity index (χ1) is 15.4. The van der Waals surface area contributed by atoms with Crippen LogP contribution < -0.4 is 10.2 Å². The van der Waals surface area contributed by atoms with Crippen molar-refractivity contribution >= 4 is 17.7 Å². The van der Waals surface area contributed by atoms with Gasteiger partial charge in [-0.25, -0.2) is 0 Å². The lowest BCUT2D eigenvalue weighted by molar-refractivity contribution is -0.117. The van der Waals surface area contributed by atoms with Gasteiger partial charge in [0.05, 0.1) is 0 Å². The van der Waals surface area contributed by atoms with Crippen molar-refractivity contribution in [2.45, 2.75) is 26.7 Å². The number of benzene rings is 2. The second kappa shape index (κ2) is 10.5. The Labute approximate surface area is 190 Å². The number of hydrogen-bond donors (Lipinski definition) is 1. The van der Waals surface area contributed by atoms with E-state index in [1.807, 2.05) is 52.2 Å². The molecular weight excluding hydrogens is 396 g/mol. The first-order valence-corrected chi connectivity index (χ1v) is 10.8. The fraction of sp³-hybridized carbons (Fsp3) is 0.259. The van der Waals surface area contributed by atoms with Gasteiger partial charge in [0.25, 0.3) is 5.91 Å². The number of anilines is 1. The quantitative estimate of drug-likeness (QED) is 0.319. The predicted octanol–water partition coefficient (Wildman–Crippen LogP) is 4.82. The van der Waals surface area contributed by atoms with Gasteiger partial charge in [0, 0.05) is 43.4 Å². The van der Waals surface area contributed by atoms with Gasteiger partial charge in [-0.15, -0.1) is 0 Å². The molecule has 5 heteroatoms. The van der Waals surface area contributed by atoms with E-state index in [4.69, 9.17) is 0 Å². The van der Waals surface area contributed by atoms with E-state index in [-0.39, 0.29) is 11.5 Å². The van der Waals surface area contributed by atoms with Crippen LogP contribution in [0.1, 0.15) is 28.9 Å². The smallest absolute Gasteiger partial charge is 0.261 e. The Bertz CT molecular complexity index is 1130. The fourth-order valence-electron chi connectivity index (χ4n) is 3.77. The van der Waals surface area contributed by atoms with Crippen molar-refractivity contribution in [1.29, 1.82) is 5.26 Å². The molecule has 0 unspecified atom stereocenters. The lowest BCUT2D eigenvalue weighted by Gasteiger charge is -2.14. The summed E-state index contributed by atoms with van der Waals surface area (Å²) in [6.07, 6.45) is 3.39. The van der Waals surface area contributed by atoms with Gasteiger partial charge in [-0.1, -0.05) is 30.3 Å². The van der Waals surface area contributed by atoms with E-state index in [1.54, 1.807) is 6.08 Å². The van der Waals surface area contributed by atoms with Gasteiger partial charge in [-0.05, 0) is 74.2 Å². The number of aromatic nitrogens is 1. The third-order valence-electron chi connectivity index (χ3n) is 5.53. The van der Waals surface area contributed by atoms with E-state index in [2.05, 4.69) is 57.3 Å². The topological polar surface area (TPSA) is 61.1 Å². The van der Waals surface area contributed by atoms with Crippen molar-refractivity contribution in [2.75, 3.05) is 25.5 Å². The molecule has 3 aromatic rings. The molecule has 0 spiro atoms. The summed E-state index contributed by atoms with van der Waals surface area (Å²) >= 11 is 0. The molecule has 1 aromatic heterocycles. The van der Waals surface area contributed by atoms with E-state index in [9.17, 15) is 10.1 Å². The lowest BCUT2D eigenvalue weighted by Crippen LogP contribution is -2.25. The summed E-state index contributed by atoms with van der Waals surface area (Å²) in [6, 6.07) is 22.5. The normalized spacial score (nSPS) is 11.2. The molecule has 0 radical (unpaired) electrons. The van der Waals surface area contributed by atoms with Crippen LogP contribution in [0.15, 0.2) is 66.2 Å². The molecule has 2 aromatic carbocycles. The highest BCUT2D eigenvalue weighted by atomic mass is 16.1. The van der Waals surface area contributed by atoms with Gasteiger partial charge in [0.15, 0.2) is 0 Å². The minimum Gasteiger partial charge on any atom is -0.378 e. The van der Waals surface area contributed by atoms with Crippen LogP contribution >= 0.6 is 0 Å². The van der Waals surface area contributed by atoms with Crippen molar-refractivity contribution < 1.29 is 4.79 Å². The van der Waals surface area contributed by atoms with E-state index >= 15 is 0 Å². The highest BCUT2D eigenvalue weighted by Gasteiger charge is 2.13. The first kappa shape index (κ1) is 22.9. The largest absolute Gasteiger partial charge is 0.378 e. The third kappa shape index (κ3) is 5.47. The van der Waals surface area contributed by atoms with Crippen molar-refractivity contribution in [2.24, 2.45) is 0 Å². The predicted molar refractivity (Wildman–Crippen MR) is 131 cm³/mol. The van der Waals surface area contributed by atoms with Gasteiger partial charge >= 0.3 is 0 Å². The van der Waals surface area contributed by atoms with Crippen LogP contribution in [0, 0.1) is 25.2 Å². The number of carbonyl (C=O) groups is 1. The minimum absolute atomic E-state index is 0.118. The Morgan fingerprint density at radius 3 is 2.41 bits per heavy atom. The van der Waals surface area contributed by atoms with Crippen LogP contribution in [0.4, 0.5) is 5.69 Å². The molecular formula is C27H30N4O. The number of nitrogens with one attached hydrogen (secondary N) is 1. The van der Waals surface area contributed by atoms with Gasteiger partial charge in [0.2, 0.25) is 0 Å². The molecule has 164 valence electrons. The molecule has 0 aliphatic carbocycles. The zero-order valence-corrected chi connectivity index (χ0v) is 19.2. The van der Waals surface area contributed by atoms with Gasteiger partial charge in [-0.3, -0.25) is 4.79 Å². The minimum atomic E-state index is -0.333. The molecule has 0 saturated carbocycles. The van der Waals surface area contributed by atoms with Crippen LogP contribution in [0.5, 0.6) is 0 Å². The summed E-state index contributed by atoms with van der Waals surface area (Å²) in [6.45, 7) is 4.56. The van der Waals surface area contributed by atoms with E-state index < -0.39 is 0 Å². The van der Waals surface area contributed by atoms with Crippen LogP contribution in [0.25, 0.3) is 11.8 Å². The zero-order valence-electron chi connectivity index (χ0n) is 19.2. The lowest BCUT2D eigenvalue weighted by atomic mass is 10.1. The van der Waals surface area contributed by atoms with Gasteiger partial charge < -0.3 is 14.8 Å². The van der Waals surface area contributed by atoms with Crippen molar-refractivity contribution in [3.63, 3.8) is 0 Å². The summed E-state index contributed by atoms with van der Waals surface area (Å²) in [5.74, 6) is -0.333. The number of amides is 1. The first-order valence-electron chi connectivity index (χ1n) is 10.8. The molecule has 5 nitrogen and oxygen atoms in total. The maximum Gasteiger partial charge on any atom is 0.261 e. The van der Waals surface area contributed by atoms with Crippen molar-refractivity contribution in [1.82, 2.24) is 9.88 Å². The average Bonchev–Trinajstić information content (AvgIpc) is 3.08. The summed E-state index contributed by atoms with van der Waals surface area (Å²) < 4.78 is 2.14. The Morgan fingerprint density at radius 1 is 1.09 bits per heavy atom. The van der Waals surface area contributed by atoms with Crippen LogP contribution in [0.3, 0.4) is 0 Å². The molecule has 1 amide bonds. The third-order valence-corrected chi connectivity index (χ3v) is 5.53. The number of rotatable bonds is 8. The summed E-state index contributed by atoms with van der Waals surface area (Å²) in [5.41, 5.74) is 6.45. The molecule has 0 aliphatic rings. The van der Waals surface area contributed by atoms with Crippen LogP contribution in [-0.4, -0.2) is 31.1 Å². The fourth-order valence-corrected chi connectivity index (χ4v) is 3.77. The van der Waals surface area contributed by atoms with Crippen LogP contribution in [-0.2, 0) is 11.2 Å². The maximum absolute atomic E-state index is 12.6. The number of carbonyl (C=O) groups excluding carboxylic acids is 1. The van der Waals surface area contributed by atoms with E-state index in [0.717, 1.165) is 41.2 Å². The molecule has 0 atom stereocenters. The number of nitriles is 1. The van der Waals surface area contributed by atoms with Crippen molar-refractivity contribution in [3.05, 3.63) is 88.8 Å². The molecule has 0 saturated heterocycles. The molecule has 32 heavy (non-hydrogen) atoms. The molecule has 3 rings (SSSR count). The Kier molecular flexibility index (Phi) is 7.51. The molecule has 0 fully saturated rings. The maximum atomic E-state index is 12.6. The molecule has 0 aliphatic heterocycles. The molecule has 0 bridgehead atoms. The number of nitrogens with zero attached hydrogens (tertiary/aromatic N) is 3. The Balaban J connectivity index is 1.70. The standard InChI is InChI=1S/C27H30N4O/c1-20-17-23(21(2)31(20)26-14-12-25(13-15-26)30(3)4)18-24(19-28)27(32)29-16-8-11-22-9-6-5-7-10-22/h5-7,9-10,12-15,17-18H,8,11,16H2,1-4H3,(H,29,32)/b24-18-. The summed E-state index contributed by atoms with van der Waals surface area (Å²) in [5, 5.41) is 12.4. The Hall–Kier alpha value is -3.78. The van der Waals surface area contributed by atoms with E-state index in [1.165, 1.54) is 5.56 Å². The monoisotopic (exact) mass is 426 g/mol. The second-order valence-corrected chi connectivity index (χ2v) is 8.09.